The van der Waals surface area contributed by atoms with Gasteiger partial charge in [0.1, 0.15) is 5.54 Å². The maximum atomic E-state index is 12.9. The summed E-state index contributed by atoms with van der Waals surface area (Å²) in [5.74, 6) is 0.218. The highest BCUT2D eigenvalue weighted by atomic mass is 16.5. The van der Waals surface area contributed by atoms with Crippen molar-refractivity contribution in [2.75, 3.05) is 6.61 Å². The molecule has 1 saturated heterocycles. The van der Waals surface area contributed by atoms with Crippen molar-refractivity contribution in [3.63, 3.8) is 0 Å². The fourth-order valence-electron chi connectivity index (χ4n) is 4.69. The lowest BCUT2D eigenvalue weighted by Crippen LogP contribution is -2.83. The Bertz CT molecular complexity index is 415. The molecule has 3 N–H and O–H groups in total. The molecule has 0 aromatic carbocycles. The first-order valence-corrected chi connectivity index (χ1v) is 8.04. The van der Waals surface area contributed by atoms with E-state index in [0.717, 1.165) is 32.3 Å². The number of fused-ring (bicyclic) bond motifs is 1. The van der Waals surface area contributed by atoms with Crippen LogP contribution >= 0.6 is 0 Å². The number of nitrogens with two attached hydrogens (primary N) is 1. The van der Waals surface area contributed by atoms with Gasteiger partial charge in [-0.25, -0.2) is 0 Å². The van der Waals surface area contributed by atoms with Gasteiger partial charge < -0.3 is 15.8 Å². The van der Waals surface area contributed by atoms with E-state index in [9.17, 15) is 4.79 Å². The Morgan fingerprint density at radius 2 is 1.85 bits per heavy atom. The third kappa shape index (κ3) is 1.77. The molecule has 1 amide bonds. The van der Waals surface area contributed by atoms with Crippen molar-refractivity contribution in [2.24, 2.45) is 17.1 Å². The summed E-state index contributed by atoms with van der Waals surface area (Å²) in [7, 11) is 0. The van der Waals surface area contributed by atoms with Crippen molar-refractivity contribution in [3.05, 3.63) is 0 Å². The van der Waals surface area contributed by atoms with Crippen molar-refractivity contribution in [1.29, 1.82) is 0 Å². The van der Waals surface area contributed by atoms with Gasteiger partial charge in [-0.05, 0) is 32.6 Å². The van der Waals surface area contributed by atoms with Crippen LogP contribution in [0.2, 0.25) is 0 Å². The molecule has 1 aliphatic heterocycles. The first-order chi connectivity index (χ1) is 9.31. The number of carbonyl (C=O) groups is 1. The number of amides is 1. The predicted octanol–water partition coefficient (Wildman–Crippen LogP) is 1.97. The summed E-state index contributed by atoms with van der Waals surface area (Å²) in [5, 5.41) is 3.27. The van der Waals surface area contributed by atoms with Crippen LogP contribution < -0.4 is 11.1 Å². The van der Waals surface area contributed by atoms with Crippen LogP contribution in [-0.4, -0.2) is 29.7 Å². The molecule has 2 saturated carbocycles. The van der Waals surface area contributed by atoms with Crippen LogP contribution in [0.1, 0.15) is 59.3 Å². The standard InChI is InChI=1S/C16H28N2O2/c1-14(2)12-11(7-6-10-20-12)16(14,17)13(19)18-15(3)8-4-5-9-15/h11-12H,4-10,17H2,1-3H3,(H,18,19). The SMILES string of the molecule is CC1(NC(=O)C2(N)C3CCCOC3C2(C)C)CCCC1. The molecule has 4 nitrogen and oxygen atoms in total. The molecule has 0 aromatic rings. The maximum absolute atomic E-state index is 12.9. The summed E-state index contributed by atoms with van der Waals surface area (Å²) >= 11 is 0. The van der Waals surface area contributed by atoms with Gasteiger partial charge in [0.15, 0.2) is 0 Å². The lowest BCUT2D eigenvalue weighted by Gasteiger charge is -2.65. The molecule has 0 radical (unpaired) electrons. The lowest BCUT2D eigenvalue weighted by molar-refractivity contribution is -0.225. The van der Waals surface area contributed by atoms with Crippen LogP contribution in [0, 0.1) is 11.3 Å². The highest BCUT2D eigenvalue weighted by molar-refractivity contribution is 5.90. The van der Waals surface area contributed by atoms with E-state index in [2.05, 4.69) is 26.1 Å². The second kappa shape index (κ2) is 4.44. The Kier molecular flexibility index (Phi) is 3.18. The molecule has 3 aliphatic rings. The molecule has 3 fully saturated rings. The maximum Gasteiger partial charge on any atom is 0.241 e. The largest absolute Gasteiger partial charge is 0.377 e. The number of ether oxygens (including phenoxy) is 1. The van der Waals surface area contributed by atoms with Gasteiger partial charge in [0.05, 0.1) is 6.10 Å². The van der Waals surface area contributed by atoms with Gasteiger partial charge in [-0.1, -0.05) is 26.7 Å². The molecular weight excluding hydrogens is 252 g/mol. The van der Waals surface area contributed by atoms with Gasteiger partial charge >= 0.3 is 0 Å². The van der Waals surface area contributed by atoms with Gasteiger partial charge in [-0.3, -0.25) is 4.79 Å². The van der Waals surface area contributed by atoms with Gasteiger partial charge in [-0.15, -0.1) is 0 Å². The zero-order chi connectivity index (χ0) is 14.6. The first kappa shape index (κ1) is 14.3. The fraction of sp³-hybridized carbons (Fsp3) is 0.938. The van der Waals surface area contributed by atoms with Crippen molar-refractivity contribution >= 4 is 5.91 Å². The minimum Gasteiger partial charge on any atom is -0.377 e. The first-order valence-electron chi connectivity index (χ1n) is 8.04. The second-order valence-corrected chi connectivity index (χ2v) is 7.85. The van der Waals surface area contributed by atoms with Crippen molar-refractivity contribution in [3.8, 4) is 0 Å². The summed E-state index contributed by atoms with van der Waals surface area (Å²) < 4.78 is 5.87. The molecule has 0 aromatic heterocycles. The molecule has 0 bridgehead atoms. The van der Waals surface area contributed by atoms with Gasteiger partial charge in [0.25, 0.3) is 0 Å². The molecule has 2 aliphatic carbocycles. The zero-order valence-corrected chi connectivity index (χ0v) is 13.0. The molecule has 4 heteroatoms. The predicted molar refractivity (Wildman–Crippen MR) is 78.2 cm³/mol. The highest BCUT2D eigenvalue weighted by Crippen LogP contribution is 2.57. The van der Waals surface area contributed by atoms with E-state index in [0.29, 0.717) is 0 Å². The Morgan fingerprint density at radius 1 is 1.20 bits per heavy atom. The molecule has 0 spiro atoms. The van der Waals surface area contributed by atoms with Crippen LogP contribution in [0.25, 0.3) is 0 Å². The number of hydrogen-bond donors (Lipinski definition) is 2. The smallest absolute Gasteiger partial charge is 0.241 e. The lowest BCUT2D eigenvalue weighted by atomic mass is 9.46. The molecule has 3 unspecified atom stereocenters. The Labute approximate surface area is 121 Å². The summed E-state index contributed by atoms with van der Waals surface area (Å²) in [6.07, 6.45) is 6.71. The number of rotatable bonds is 2. The third-order valence-corrected chi connectivity index (χ3v) is 6.18. The summed E-state index contributed by atoms with van der Waals surface area (Å²) in [5.41, 5.74) is 5.51. The van der Waals surface area contributed by atoms with Crippen LogP contribution in [0.5, 0.6) is 0 Å². The minimum absolute atomic E-state index is 0.0404. The van der Waals surface area contributed by atoms with Gasteiger partial charge in [0.2, 0.25) is 5.91 Å². The third-order valence-electron chi connectivity index (χ3n) is 6.18. The molecule has 3 rings (SSSR count). The number of nitrogens with one attached hydrogen (secondary N) is 1. The van der Waals surface area contributed by atoms with E-state index in [1.807, 2.05) is 0 Å². The quantitative estimate of drug-likeness (QED) is 0.813. The van der Waals surface area contributed by atoms with Crippen molar-refractivity contribution < 1.29 is 9.53 Å². The van der Waals surface area contributed by atoms with Gasteiger partial charge in [-0.2, -0.15) is 0 Å². The Hall–Kier alpha value is -0.610. The molecule has 3 atom stereocenters. The number of hydrogen-bond acceptors (Lipinski definition) is 3. The normalized spacial score (nSPS) is 41.6. The Balaban J connectivity index is 1.78. The molecular formula is C16H28N2O2. The number of carbonyl (C=O) groups excluding carboxylic acids is 1. The average molecular weight is 280 g/mol. The topological polar surface area (TPSA) is 64.4 Å². The van der Waals surface area contributed by atoms with E-state index < -0.39 is 5.54 Å². The van der Waals surface area contributed by atoms with E-state index in [1.165, 1.54) is 12.8 Å². The van der Waals surface area contributed by atoms with Crippen molar-refractivity contribution in [1.82, 2.24) is 5.32 Å². The Morgan fingerprint density at radius 3 is 2.50 bits per heavy atom. The fourth-order valence-corrected chi connectivity index (χ4v) is 4.69. The van der Waals surface area contributed by atoms with Crippen molar-refractivity contribution in [2.45, 2.75) is 76.5 Å². The summed E-state index contributed by atoms with van der Waals surface area (Å²) in [4.78, 5) is 12.9. The van der Waals surface area contributed by atoms with E-state index in [4.69, 9.17) is 10.5 Å². The highest BCUT2D eigenvalue weighted by Gasteiger charge is 2.70. The summed E-state index contributed by atoms with van der Waals surface area (Å²) in [6, 6.07) is 0. The molecule has 114 valence electrons. The van der Waals surface area contributed by atoms with Crippen LogP contribution in [0.15, 0.2) is 0 Å². The van der Waals surface area contributed by atoms with Gasteiger partial charge in [0, 0.05) is 23.5 Å². The van der Waals surface area contributed by atoms with E-state index in [-0.39, 0.29) is 28.9 Å². The summed E-state index contributed by atoms with van der Waals surface area (Å²) in [6.45, 7) is 7.12. The molecule has 1 heterocycles. The van der Waals surface area contributed by atoms with E-state index >= 15 is 0 Å². The van der Waals surface area contributed by atoms with Crippen LogP contribution in [0.4, 0.5) is 0 Å². The van der Waals surface area contributed by atoms with E-state index in [1.54, 1.807) is 0 Å². The average Bonchev–Trinajstić information content (AvgIpc) is 2.84. The minimum atomic E-state index is -0.774. The zero-order valence-electron chi connectivity index (χ0n) is 13.0. The molecule has 20 heavy (non-hydrogen) atoms. The van der Waals surface area contributed by atoms with Crippen LogP contribution in [0.3, 0.4) is 0 Å². The second-order valence-electron chi connectivity index (χ2n) is 7.85. The van der Waals surface area contributed by atoms with Crippen LogP contribution in [-0.2, 0) is 9.53 Å². The monoisotopic (exact) mass is 280 g/mol.